The number of halogens is 3. The van der Waals surface area contributed by atoms with Crippen LogP contribution in [0, 0.1) is 20.8 Å². The topological polar surface area (TPSA) is 55.6 Å². The fourth-order valence-electron chi connectivity index (χ4n) is 3.16. The molecule has 0 bridgehead atoms. The predicted octanol–water partition coefficient (Wildman–Crippen LogP) is 5.50. The van der Waals surface area contributed by atoms with Crippen molar-refractivity contribution < 1.29 is 13.2 Å². The number of imidazole rings is 1. The lowest BCUT2D eigenvalue weighted by molar-refractivity contribution is -0.137. The standard InChI is InChI=1S/C21H18F3N5/c1-12-8-17-18(9-13(12)2)29(14(3)26-17)20-11-25-10-19(28-20)27-16-6-4-15(5-7-16)21(22,23)24/h4-11H,1-3H3,(H,27,28). The van der Waals surface area contributed by atoms with Crippen LogP contribution in [0.15, 0.2) is 48.8 Å². The van der Waals surface area contributed by atoms with Crippen molar-refractivity contribution in [1.82, 2.24) is 19.5 Å². The van der Waals surface area contributed by atoms with Crippen LogP contribution in [0.3, 0.4) is 0 Å². The molecule has 8 heteroatoms. The number of nitrogens with one attached hydrogen (secondary N) is 1. The number of aromatic nitrogens is 4. The first-order valence-corrected chi connectivity index (χ1v) is 8.95. The molecular formula is C21H18F3N5. The first-order chi connectivity index (χ1) is 13.7. The van der Waals surface area contributed by atoms with Gasteiger partial charge in [0.25, 0.3) is 0 Å². The molecule has 0 aliphatic rings. The molecule has 0 amide bonds. The number of rotatable bonds is 3. The van der Waals surface area contributed by atoms with Gasteiger partial charge in [0.2, 0.25) is 0 Å². The van der Waals surface area contributed by atoms with Gasteiger partial charge in [-0.1, -0.05) is 0 Å². The summed E-state index contributed by atoms with van der Waals surface area (Å²) in [5.41, 5.74) is 3.88. The molecular weight excluding hydrogens is 379 g/mol. The Morgan fingerprint density at radius 2 is 1.59 bits per heavy atom. The molecule has 1 N–H and O–H groups in total. The maximum absolute atomic E-state index is 12.7. The number of benzene rings is 2. The van der Waals surface area contributed by atoms with Crippen LogP contribution in [-0.2, 0) is 6.18 Å². The summed E-state index contributed by atoms with van der Waals surface area (Å²) in [7, 11) is 0. The van der Waals surface area contributed by atoms with Crippen LogP contribution in [0.5, 0.6) is 0 Å². The molecule has 5 nitrogen and oxygen atoms in total. The monoisotopic (exact) mass is 397 g/mol. The van der Waals surface area contributed by atoms with Gasteiger partial charge in [0.15, 0.2) is 11.6 Å². The maximum Gasteiger partial charge on any atom is 0.416 e. The molecule has 0 unspecified atom stereocenters. The number of nitrogens with zero attached hydrogens (tertiary/aromatic N) is 4. The second kappa shape index (κ2) is 6.88. The molecule has 0 fully saturated rings. The summed E-state index contributed by atoms with van der Waals surface area (Å²) in [5, 5.41) is 3.00. The van der Waals surface area contributed by atoms with Gasteiger partial charge in [-0.15, -0.1) is 0 Å². The molecule has 148 valence electrons. The molecule has 0 aliphatic carbocycles. The summed E-state index contributed by atoms with van der Waals surface area (Å²) in [5.74, 6) is 1.77. The van der Waals surface area contributed by atoms with Gasteiger partial charge in [0.05, 0.1) is 29.0 Å². The molecule has 2 aromatic carbocycles. The highest BCUT2D eigenvalue weighted by molar-refractivity contribution is 5.80. The Balaban J connectivity index is 1.69. The molecule has 29 heavy (non-hydrogen) atoms. The van der Waals surface area contributed by atoms with E-state index in [-0.39, 0.29) is 0 Å². The first-order valence-electron chi connectivity index (χ1n) is 8.95. The molecule has 4 rings (SSSR count). The van der Waals surface area contributed by atoms with Crippen molar-refractivity contribution in [2.45, 2.75) is 26.9 Å². The normalized spacial score (nSPS) is 11.8. The molecule has 0 spiro atoms. The van der Waals surface area contributed by atoms with E-state index in [1.165, 1.54) is 18.3 Å². The van der Waals surface area contributed by atoms with Gasteiger partial charge in [-0.3, -0.25) is 9.55 Å². The molecule has 2 aromatic heterocycles. The fourth-order valence-corrected chi connectivity index (χ4v) is 3.16. The van der Waals surface area contributed by atoms with Gasteiger partial charge < -0.3 is 5.32 Å². The van der Waals surface area contributed by atoms with E-state index in [1.54, 1.807) is 6.20 Å². The highest BCUT2D eigenvalue weighted by Gasteiger charge is 2.29. The van der Waals surface area contributed by atoms with Crippen LogP contribution in [0.1, 0.15) is 22.5 Å². The molecule has 2 heterocycles. The minimum atomic E-state index is -4.37. The Hall–Kier alpha value is -3.42. The lowest BCUT2D eigenvalue weighted by atomic mass is 10.1. The van der Waals surface area contributed by atoms with Crippen LogP contribution in [-0.4, -0.2) is 19.5 Å². The summed E-state index contributed by atoms with van der Waals surface area (Å²) in [6, 6.07) is 8.87. The van der Waals surface area contributed by atoms with E-state index in [2.05, 4.69) is 26.3 Å². The SMILES string of the molecule is Cc1cc2nc(C)n(-c3cncc(Nc4ccc(C(F)(F)F)cc4)n3)c2cc1C. The summed E-state index contributed by atoms with van der Waals surface area (Å²) >= 11 is 0. The van der Waals surface area contributed by atoms with Gasteiger partial charge in [0, 0.05) is 5.69 Å². The summed E-state index contributed by atoms with van der Waals surface area (Å²) in [6.45, 7) is 5.97. The Morgan fingerprint density at radius 3 is 2.28 bits per heavy atom. The average Bonchev–Trinajstić information content (AvgIpc) is 2.97. The highest BCUT2D eigenvalue weighted by Crippen LogP contribution is 2.30. The number of fused-ring (bicyclic) bond motifs is 1. The van der Waals surface area contributed by atoms with Crippen molar-refractivity contribution >= 4 is 22.5 Å². The average molecular weight is 397 g/mol. The van der Waals surface area contributed by atoms with E-state index in [1.807, 2.05) is 31.4 Å². The van der Waals surface area contributed by atoms with Crippen LogP contribution in [0.2, 0.25) is 0 Å². The van der Waals surface area contributed by atoms with Crippen molar-refractivity contribution in [3.8, 4) is 5.82 Å². The van der Waals surface area contributed by atoms with E-state index in [0.717, 1.165) is 40.1 Å². The zero-order valence-corrected chi connectivity index (χ0v) is 16.0. The maximum atomic E-state index is 12.7. The third kappa shape index (κ3) is 3.65. The van der Waals surface area contributed by atoms with Crippen molar-refractivity contribution in [3.05, 3.63) is 71.3 Å². The molecule has 0 aliphatic heterocycles. The summed E-state index contributed by atoms with van der Waals surface area (Å²) < 4.78 is 40.1. The zero-order valence-electron chi connectivity index (χ0n) is 16.0. The van der Waals surface area contributed by atoms with Gasteiger partial charge in [-0.25, -0.2) is 9.97 Å². The Labute approximate surface area is 165 Å². The van der Waals surface area contributed by atoms with Crippen LogP contribution in [0.25, 0.3) is 16.9 Å². The second-order valence-corrected chi connectivity index (χ2v) is 6.88. The first kappa shape index (κ1) is 18.9. The number of alkyl halides is 3. The van der Waals surface area contributed by atoms with E-state index in [0.29, 0.717) is 17.3 Å². The van der Waals surface area contributed by atoms with Gasteiger partial charge in [0.1, 0.15) is 5.82 Å². The Bertz CT molecular complexity index is 1190. The second-order valence-electron chi connectivity index (χ2n) is 6.88. The zero-order chi connectivity index (χ0) is 20.8. The highest BCUT2D eigenvalue weighted by atomic mass is 19.4. The largest absolute Gasteiger partial charge is 0.416 e. The Morgan fingerprint density at radius 1 is 0.897 bits per heavy atom. The fraction of sp³-hybridized carbons (Fsp3) is 0.190. The number of aryl methyl sites for hydroxylation is 3. The van der Waals surface area contributed by atoms with E-state index in [4.69, 9.17) is 0 Å². The van der Waals surface area contributed by atoms with E-state index >= 15 is 0 Å². The smallest absolute Gasteiger partial charge is 0.339 e. The van der Waals surface area contributed by atoms with E-state index in [9.17, 15) is 13.2 Å². The lowest BCUT2D eigenvalue weighted by Gasteiger charge is -2.11. The lowest BCUT2D eigenvalue weighted by Crippen LogP contribution is -2.05. The van der Waals surface area contributed by atoms with Crippen molar-refractivity contribution in [1.29, 1.82) is 0 Å². The van der Waals surface area contributed by atoms with Crippen molar-refractivity contribution in [2.24, 2.45) is 0 Å². The quantitative estimate of drug-likeness (QED) is 0.496. The van der Waals surface area contributed by atoms with Crippen LogP contribution < -0.4 is 5.32 Å². The molecule has 4 aromatic rings. The summed E-state index contributed by atoms with van der Waals surface area (Å²) in [4.78, 5) is 13.4. The molecule has 0 radical (unpaired) electrons. The third-order valence-corrected chi connectivity index (χ3v) is 4.77. The van der Waals surface area contributed by atoms with Crippen molar-refractivity contribution in [2.75, 3.05) is 5.32 Å². The molecule has 0 atom stereocenters. The molecule has 0 saturated carbocycles. The minimum absolute atomic E-state index is 0.423. The Kier molecular flexibility index (Phi) is 4.49. The minimum Gasteiger partial charge on any atom is -0.339 e. The van der Waals surface area contributed by atoms with Crippen molar-refractivity contribution in [3.63, 3.8) is 0 Å². The van der Waals surface area contributed by atoms with Gasteiger partial charge >= 0.3 is 6.18 Å². The van der Waals surface area contributed by atoms with Gasteiger partial charge in [-0.05, 0) is 68.3 Å². The van der Waals surface area contributed by atoms with Gasteiger partial charge in [-0.2, -0.15) is 13.2 Å². The predicted molar refractivity (Wildman–Crippen MR) is 106 cm³/mol. The number of hydrogen-bond acceptors (Lipinski definition) is 4. The van der Waals surface area contributed by atoms with Crippen LogP contribution in [0.4, 0.5) is 24.7 Å². The summed E-state index contributed by atoms with van der Waals surface area (Å²) in [6.07, 6.45) is -1.22. The molecule has 0 saturated heterocycles. The number of anilines is 2. The van der Waals surface area contributed by atoms with Crippen LogP contribution >= 0.6 is 0 Å². The number of hydrogen-bond donors (Lipinski definition) is 1. The van der Waals surface area contributed by atoms with E-state index < -0.39 is 11.7 Å². The third-order valence-electron chi connectivity index (χ3n) is 4.77.